The molecule has 1 heterocycles. The van der Waals surface area contributed by atoms with Gasteiger partial charge in [-0.2, -0.15) is 0 Å². The van der Waals surface area contributed by atoms with Gasteiger partial charge in [0, 0.05) is 39.6 Å². The standard InChI is InChI=1S/C48H37N3/c1-34(35-14-6-2-7-15-35)30-40(28-29-50-41-20-12-5-13-21-41)39-24-27-47-44(31-39)45-32-43(38-18-10-4-11-19-38)46(49)33-48(45)51(47)42-25-22-37(23-26-42)36-16-8-3-9-17-36/h2-33,50H,1,49H2/b29-28-,40-30+. The van der Waals surface area contributed by atoms with Crippen LogP contribution >= 0.6 is 0 Å². The zero-order valence-corrected chi connectivity index (χ0v) is 28.2. The molecule has 3 heteroatoms. The predicted octanol–water partition coefficient (Wildman–Crippen LogP) is 12.4. The molecule has 0 saturated heterocycles. The van der Waals surface area contributed by atoms with E-state index >= 15 is 0 Å². The number of nitrogens with two attached hydrogens (primary N) is 1. The van der Waals surface area contributed by atoms with Crippen LogP contribution in [0.5, 0.6) is 0 Å². The third-order valence-electron chi connectivity index (χ3n) is 9.35. The van der Waals surface area contributed by atoms with Crippen LogP contribution in [-0.4, -0.2) is 4.57 Å². The smallest absolute Gasteiger partial charge is 0.0562 e. The molecule has 0 spiro atoms. The van der Waals surface area contributed by atoms with Crippen molar-refractivity contribution in [3.8, 4) is 27.9 Å². The first-order chi connectivity index (χ1) is 25.1. The second-order valence-electron chi connectivity index (χ2n) is 12.6. The number of nitrogen functional groups attached to an aromatic ring is 1. The first kappa shape index (κ1) is 31.4. The zero-order chi connectivity index (χ0) is 34.6. The third kappa shape index (κ3) is 6.49. The molecule has 1 aromatic heterocycles. The number of allylic oxidation sites excluding steroid dienone is 4. The normalized spacial score (nSPS) is 11.7. The Hall–Kier alpha value is -6.84. The van der Waals surface area contributed by atoms with Crippen molar-refractivity contribution in [3.63, 3.8) is 0 Å². The average molecular weight is 656 g/mol. The van der Waals surface area contributed by atoms with E-state index in [1.807, 2.05) is 54.7 Å². The van der Waals surface area contributed by atoms with Gasteiger partial charge in [0.05, 0.1) is 11.0 Å². The first-order valence-electron chi connectivity index (χ1n) is 17.2. The number of benzene rings is 7. The monoisotopic (exact) mass is 655 g/mol. The molecule has 3 nitrogen and oxygen atoms in total. The lowest BCUT2D eigenvalue weighted by atomic mass is 9.97. The number of rotatable bonds is 9. The first-order valence-corrected chi connectivity index (χ1v) is 17.2. The van der Waals surface area contributed by atoms with Crippen molar-refractivity contribution in [2.75, 3.05) is 11.1 Å². The minimum Gasteiger partial charge on any atom is -0.398 e. The third-order valence-corrected chi connectivity index (χ3v) is 9.35. The van der Waals surface area contributed by atoms with Crippen molar-refractivity contribution in [1.82, 2.24) is 4.57 Å². The molecule has 0 fully saturated rings. The van der Waals surface area contributed by atoms with Gasteiger partial charge >= 0.3 is 0 Å². The summed E-state index contributed by atoms with van der Waals surface area (Å²) in [4.78, 5) is 0. The molecule has 0 atom stereocenters. The van der Waals surface area contributed by atoms with Gasteiger partial charge in [-0.1, -0.05) is 134 Å². The van der Waals surface area contributed by atoms with Crippen LogP contribution in [-0.2, 0) is 0 Å². The summed E-state index contributed by atoms with van der Waals surface area (Å²) < 4.78 is 2.33. The molecule has 0 aliphatic heterocycles. The fourth-order valence-electron chi connectivity index (χ4n) is 6.75. The molecular formula is C48H37N3. The molecule has 0 bridgehead atoms. The second-order valence-corrected chi connectivity index (χ2v) is 12.6. The number of anilines is 2. The van der Waals surface area contributed by atoms with Gasteiger partial charge in [0.15, 0.2) is 0 Å². The molecule has 0 radical (unpaired) electrons. The largest absolute Gasteiger partial charge is 0.398 e. The molecule has 8 rings (SSSR count). The molecular weight excluding hydrogens is 619 g/mol. The summed E-state index contributed by atoms with van der Waals surface area (Å²) in [6.45, 7) is 4.45. The van der Waals surface area contributed by atoms with Crippen molar-refractivity contribution in [1.29, 1.82) is 0 Å². The maximum Gasteiger partial charge on any atom is 0.0562 e. The maximum absolute atomic E-state index is 6.83. The van der Waals surface area contributed by atoms with Crippen LogP contribution in [0.1, 0.15) is 11.1 Å². The molecule has 0 aliphatic carbocycles. The fraction of sp³-hybridized carbons (Fsp3) is 0. The summed E-state index contributed by atoms with van der Waals surface area (Å²) in [6, 6.07) is 61.2. The number of para-hydroxylation sites is 1. The number of aromatic nitrogens is 1. The molecule has 0 aliphatic rings. The Labute approximate surface area is 299 Å². The van der Waals surface area contributed by atoms with Crippen molar-refractivity contribution in [2.24, 2.45) is 0 Å². The lowest BCUT2D eigenvalue weighted by molar-refractivity contribution is 1.18. The minimum absolute atomic E-state index is 0.744. The number of nitrogens with zero attached hydrogens (tertiary/aromatic N) is 1. The summed E-state index contributed by atoms with van der Waals surface area (Å²) in [5.74, 6) is 0. The Kier molecular flexibility index (Phi) is 8.60. The van der Waals surface area contributed by atoms with E-state index < -0.39 is 0 Å². The predicted molar refractivity (Wildman–Crippen MR) is 219 cm³/mol. The van der Waals surface area contributed by atoms with Crippen LogP contribution < -0.4 is 11.1 Å². The number of nitrogens with one attached hydrogen (secondary N) is 1. The van der Waals surface area contributed by atoms with Gasteiger partial charge in [-0.05, 0) is 99.6 Å². The number of hydrogen-bond acceptors (Lipinski definition) is 2. The molecule has 7 aromatic carbocycles. The lowest BCUT2D eigenvalue weighted by Crippen LogP contribution is -1.96. The SMILES string of the molecule is C=C(/C=C(\C=C/Nc1ccccc1)c1ccc2c(c1)c1cc(-c3ccccc3)c(N)cc1n2-c1ccc(-c2ccccc2)cc1)c1ccccc1. The van der Waals surface area contributed by atoms with E-state index in [-0.39, 0.29) is 0 Å². The number of hydrogen-bond donors (Lipinski definition) is 2. The van der Waals surface area contributed by atoms with Crippen LogP contribution in [0.25, 0.3) is 60.9 Å². The van der Waals surface area contributed by atoms with Crippen LogP contribution in [0.15, 0.2) is 201 Å². The van der Waals surface area contributed by atoms with E-state index in [4.69, 9.17) is 5.73 Å². The molecule has 244 valence electrons. The van der Waals surface area contributed by atoms with Crippen LogP contribution in [0.4, 0.5) is 11.4 Å². The van der Waals surface area contributed by atoms with Crippen LogP contribution in [0, 0.1) is 0 Å². The Morgan fingerprint density at radius 1 is 0.549 bits per heavy atom. The molecule has 0 saturated carbocycles. The van der Waals surface area contributed by atoms with Crippen LogP contribution in [0.2, 0.25) is 0 Å². The summed E-state index contributed by atoms with van der Waals surface area (Å²) in [5.41, 5.74) is 20.5. The van der Waals surface area contributed by atoms with E-state index in [9.17, 15) is 0 Å². The van der Waals surface area contributed by atoms with E-state index in [2.05, 4.69) is 156 Å². The quantitative estimate of drug-likeness (QED) is 0.120. The molecule has 8 aromatic rings. The van der Waals surface area contributed by atoms with Gasteiger partial charge in [0.25, 0.3) is 0 Å². The summed E-state index contributed by atoms with van der Waals surface area (Å²) >= 11 is 0. The topological polar surface area (TPSA) is 43.0 Å². The average Bonchev–Trinajstić information content (AvgIpc) is 3.50. The highest BCUT2D eigenvalue weighted by molar-refractivity contribution is 6.13. The zero-order valence-electron chi connectivity index (χ0n) is 28.2. The van der Waals surface area contributed by atoms with Gasteiger partial charge in [0.2, 0.25) is 0 Å². The number of fused-ring (bicyclic) bond motifs is 3. The highest BCUT2D eigenvalue weighted by Gasteiger charge is 2.17. The second kappa shape index (κ2) is 13.9. The van der Waals surface area contributed by atoms with E-state index in [0.29, 0.717) is 0 Å². The Balaban J connectivity index is 1.30. The van der Waals surface area contributed by atoms with Gasteiger partial charge in [-0.3, -0.25) is 0 Å². The Morgan fingerprint density at radius 3 is 1.82 bits per heavy atom. The van der Waals surface area contributed by atoms with Gasteiger partial charge in [-0.15, -0.1) is 0 Å². The van der Waals surface area contributed by atoms with Crippen molar-refractivity contribution in [2.45, 2.75) is 0 Å². The summed E-state index contributed by atoms with van der Waals surface area (Å²) in [5, 5.41) is 5.71. The molecule has 3 N–H and O–H groups in total. The fourth-order valence-corrected chi connectivity index (χ4v) is 6.75. The van der Waals surface area contributed by atoms with Crippen LogP contribution in [0.3, 0.4) is 0 Å². The lowest BCUT2D eigenvalue weighted by Gasteiger charge is -2.11. The Bertz CT molecular complexity index is 2530. The van der Waals surface area contributed by atoms with Crippen molar-refractivity contribution in [3.05, 3.63) is 212 Å². The molecule has 0 amide bonds. The van der Waals surface area contributed by atoms with Gasteiger partial charge in [0.1, 0.15) is 0 Å². The Morgan fingerprint density at radius 2 is 1.14 bits per heavy atom. The van der Waals surface area contributed by atoms with E-state index in [1.54, 1.807) is 0 Å². The van der Waals surface area contributed by atoms with Crippen molar-refractivity contribution >= 4 is 44.3 Å². The minimum atomic E-state index is 0.744. The van der Waals surface area contributed by atoms with Crippen molar-refractivity contribution < 1.29 is 0 Å². The summed E-state index contributed by atoms with van der Waals surface area (Å²) in [6.07, 6.45) is 6.28. The maximum atomic E-state index is 6.83. The molecule has 0 unspecified atom stereocenters. The summed E-state index contributed by atoms with van der Waals surface area (Å²) in [7, 11) is 0. The van der Waals surface area contributed by atoms with Gasteiger partial charge in [-0.25, -0.2) is 0 Å². The van der Waals surface area contributed by atoms with Gasteiger partial charge < -0.3 is 15.6 Å². The van der Waals surface area contributed by atoms with E-state index in [0.717, 1.165) is 72.3 Å². The van der Waals surface area contributed by atoms with E-state index in [1.165, 1.54) is 11.1 Å². The molecule has 51 heavy (non-hydrogen) atoms. The highest BCUT2D eigenvalue weighted by Crippen LogP contribution is 2.39. The highest BCUT2D eigenvalue weighted by atomic mass is 15.0.